The summed E-state index contributed by atoms with van der Waals surface area (Å²) in [5.74, 6) is -1.62. The molecule has 0 aliphatic rings. The molecule has 0 aliphatic heterocycles. The summed E-state index contributed by atoms with van der Waals surface area (Å²) in [6.07, 6.45) is 3.20. The number of amides is 2. The number of ether oxygens (including phenoxy) is 3. The highest BCUT2D eigenvalue weighted by atomic mass is 19.1. The second-order valence-corrected chi connectivity index (χ2v) is 8.13. The molecule has 0 heterocycles. The van der Waals surface area contributed by atoms with Gasteiger partial charge in [-0.25, -0.2) is 9.18 Å². The Labute approximate surface area is 214 Å². The summed E-state index contributed by atoms with van der Waals surface area (Å²) >= 11 is 0. The number of halogens is 1. The van der Waals surface area contributed by atoms with E-state index in [2.05, 4.69) is 17.6 Å². The number of hydrogen-bond acceptors (Lipinski definition) is 6. The molecule has 0 unspecified atom stereocenters. The molecule has 0 fully saturated rings. The molecule has 0 radical (unpaired) electrons. The first-order valence-corrected chi connectivity index (χ1v) is 11.8. The van der Waals surface area contributed by atoms with E-state index in [1.807, 2.05) is 24.3 Å². The topological polar surface area (TPSA) is 103 Å². The molecule has 0 aliphatic carbocycles. The van der Waals surface area contributed by atoms with Gasteiger partial charge in [0, 0.05) is 11.4 Å². The Morgan fingerprint density at radius 3 is 2.05 bits per heavy atom. The molecule has 3 aromatic carbocycles. The van der Waals surface area contributed by atoms with Crippen LogP contribution in [0.4, 0.5) is 15.8 Å². The van der Waals surface area contributed by atoms with Crippen molar-refractivity contribution in [3.05, 3.63) is 83.7 Å². The molecule has 194 valence electrons. The third-order valence-electron chi connectivity index (χ3n) is 5.28. The number of anilines is 2. The molecule has 0 saturated carbocycles. The Morgan fingerprint density at radius 2 is 1.43 bits per heavy atom. The van der Waals surface area contributed by atoms with Crippen LogP contribution in [0.25, 0.3) is 0 Å². The standard InChI is InChI=1S/C28H29FN2O6/c1-3-4-5-19-6-11-22(12-7-19)30-27(33)18-37-28(34)20-8-15-24(25(16-20)35-2)36-17-26(32)31-23-13-9-21(29)10-14-23/h6-16H,3-5,17-18H2,1-2H3,(H,30,33)(H,31,32). The molecule has 2 amide bonds. The minimum absolute atomic E-state index is 0.146. The van der Waals surface area contributed by atoms with E-state index in [9.17, 15) is 18.8 Å². The van der Waals surface area contributed by atoms with Crippen LogP contribution in [0, 0.1) is 5.82 Å². The molecule has 0 spiro atoms. The lowest BCUT2D eigenvalue weighted by Gasteiger charge is -2.12. The van der Waals surface area contributed by atoms with Crippen LogP contribution in [-0.4, -0.2) is 38.1 Å². The molecule has 0 aromatic heterocycles. The molecule has 2 N–H and O–H groups in total. The maximum absolute atomic E-state index is 13.0. The first kappa shape index (κ1) is 27.2. The molecule has 0 bridgehead atoms. The molecular weight excluding hydrogens is 479 g/mol. The van der Waals surface area contributed by atoms with Crippen molar-refractivity contribution in [3.63, 3.8) is 0 Å². The van der Waals surface area contributed by atoms with Gasteiger partial charge in [-0.05, 0) is 73.0 Å². The normalized spacial score (nSPS) is 10.4. The zero-order valence-electron chi connectivity index (χ0n) is 20.7. The molecule has 3 aromatic rings. The van der Waals surface area contributed by atoms with Crippen LogP contribution in [0.15, 0.2) is 66.7 Å². The van der Waals surface area contributed by atoms with E-state index < -0.39 is 30.2 Å². The first-order valence-electron chi connectivity index (χ1n) is 11.8. The van der Waals surface area contributed by atoms with Gasteiger partial charge >= 0.3 is 5.97 Å². The number of rotatable bonds is 12. The number of esters is 1. The van der Waals surface area contributed by atoms with Crippen molar-refractivity contribution in [3.8, 4) is 11.5 Å². The van der Waals surface area contributed by atoms with Crippen molar-refractivity contribution in [2.75, 3.05) is 31.0 Å². The van der Waals surface area contributed by atoms with Gasteiger partial charge in [0.15, 0.2) is 24.7 Å². The molecule has 9 heteroatoms. The Morgan fingerprint density at radius 1 is 0.811 bits per heavy atom. The van der Waals surface area contributed by atoms with Crippen LogP contribution < -0.4 is 20.1 Å². The van der Waals surface area contributed by atoms with E-state index in [4.69, 9.17) is 14.2 Å². The maximum atomic E-state index is 13.0. The van der Waals surface area contributed by atoms with Crippen LogP contribution in [-0.2, 0) is 20.7 Å². The van der Waals surface area contributed by atoms with Crippen LogP contribution in [0.3, 0.4) is 0 Å². The number of aryl methyl sites for hydroxylation is 1. The predicted octanol–water partition coefficient (Wildman–Crippen LogP) is 4.99. The van der Waals surface area contributed by atoms with Gasteiger partial charge in [0.25, 0.3) is 11.8 Å². The average Bonchev–Trinajstić information content (AvgIpc) is 2.91. The van der Waals surface area contributed by atoms with Gasteiger partial charge < -0.3 is 24.8 Å². The molecule has 3 rings (SSSR count). The number of hydrogen-bond donors (Lipinski definition) is 2. The van der Waals surface area contributed by atoms with E-state index in [1.165, 1.54) is 55.1 Å². The Kier molecular flexibility index (Phi) is 10.0. The van der Waals surface area contributed by atoms with E-state index in [-0.39, 0.29) is 23.7 Å². The fourth-order valence-corrected chi connectivity index (χ4v) is 3.33. The van der Waals surface area contributed by atoms with Crippen LogP contribution in [0.5, 0.6) is 11.5 Å². The van der Waals surface area contributed by atoms with Crippen LogP contribution in [0.2, 0.25) is 0 Å². The summed E-state index contributed by atoms with van der Waals surface area (Å²) in [6, 6.07) is 17.1. The second kappa shape index (κ2) is 13.6. The lowest BCUT2D eigenvalue weighted by molar-refractivity contribution is -0.119. The van der Waals surface area contributed by atoms with E-state index in [0.717, 1.165) is 19.3 Å². The highest BCUT2D eigenvalue weighted by molar-refractivity contribution is 5.96. The maximum Gasteiger partial charge on any atom is 0.338 e. The highest BCUT2D eigenvalue weighted by Crippen LogP contribution is 2.28. The Bertz CT molecular complexity index is 1210. The number of unbranched alkanes of at least 4 members (excludes halogenated alkanes) is 1. The smallest absolute Gasteiger partial charge is 0.338 e. The van der Waals surface area contributed by atoms with Gasteiger partial charge in [0.2, 0.25) is 0 Å². The monoisotopic (exact) mass is 508 g/mol. The molecule has 8 nitrogen and oxygen atoms in total. The molecular formula is C28H29FN2O6. The van der Waals surface area contributed by atoms with Crippen molar-refractivity contribution in [2.45, 2.75) is 26.2 Å². The van der Waals surface area contributed by atoms with Gasteiger partial charge in [-0.15, -0.1) is 0 Å². The van der Waals surface area contributed by atoms with Gasteiger partial charge in [0.1, 0.15) is 5.82 Å². The summed E-state index contributed by atoms with van der Waals surface area (Å²) in [6.45, 7) is 1.34. The second-order valence-electron chi connectivity index (χ2n) is 8.13. The van der Waals surface area contributed by atoms with Crippen molar-refractivity contribution in [1.29, 1.82) is 0 Å². The number of nitrogens with one attached hydrogen (secondary N) is 2. The average molecular weight is 509 g/mol. The minimum atomic E-state index is -0.719. The quantitative estimate of drug-likeness (QED) is 0.334. The van der Waals surface area contributed by atoms with E-state index >= 15 is 0 Å². The number of benzene rings is 3. The molecule has 37 heavy (non-hydrogen) atoms. The summed E-state index contributed by atoms with van der Waals surface area (Å²) in [4.78, 5) is 36.7. The van der Waals surface area contributed by atoms with Gasteiger partial charge in [-0.2, -0.15) is 0 Å². The van der Waals surface area contributed by atoms with Crippen molar-refractivity contribution >= 4 is 29.2 Å². The summed E-state index contributed by atoms with van der Waals surface area (Å²) in [7, 11) is 1.39. The summed E-state index contributed by atoms with van der Waals surface area (Å²) in [5, 5.41) is 5.27. The fourth-order valence-electron chi connectivity index (χ4n) is 3.33. The van der Waals surface area contributed by atoms with Gasteiger partial charge in [0.05, 0.1) is 12.7 Å². The third-order valence-corrected chi connectivity index (χ3v) is 5.28. The Hall–Kier alpha value is -4.40. The molecule has 0 atom stereocenters. The number of carbonyl (C=O) groups excluding carboxylic acids is 3. The summed E-state index contributed by atoms with van der Waals surface area (Å²) in [5.41, 5.74) is 2.38. The Balaban J connectivity index is 1.49. The minimum Gasteiger partial charge on any atom is -0.493 e. The molecule has 0 saturated heterocycles. The van der Waals surface area contributed by atoms with E-state index in [0.29, 0.717) is 11.4 Å². The van der Waals surface area contributed by atoms with Crippen molar-refractivity contribution < 1.29 is 33.0 Å². The largest absolute Gasteiger partial charge is 0.493 e. The van der Waals surface area contributed by atoms with Crippen molar-refractivity contribution in [2.24, 2.45) is 0 Å². The zero-order chi connectivity index (χ0) is 26.6. The van der Waals surface area contributed by atoms with Crippen LogP contribution >= 0.6 is 0 Å². The first-order chi connectivity index (χ1) is 17.9. The van der Waals surface area contributed by atoms with Crippen LogP contribution in [0.1, 0.15) is 35.7 Å². The number of methoxy groups -OCH3 is 1. The number of carbonyl (C=O) groups is 3. The fraction of sp³-hybridized carbons (Fsp3) is 0.250. The zero-order valence-corrected chi connectivity index (χ0v) is 20.7. The highest BCUT2D eigenvalue weighted by Gasteiger charge is 2.15. The third kappa shape index (κ3) is 8.64. The SMILES string of the molecule is CCCCc1ccc(NC(=O)COC(=O)c2ccc(OCC(=O)Nc3ccc(F)cc3)c(OC)c2)cc1. The van der Waals surface area contributed by atoms with E-state index in [1.54, 1.807) is 0 Å². The van der Waals surface area contributed by atoms with Gasteiger partial charge in [-0.1, -0.05) is 25.5 Å². The predicted molar refractivity (Wildman–Crippen MR) is 137 cm³/mol. The summed E-state index contributed by atoms with van der Waals surface area (Å²) < 4.78 is 28.8. The lowest BCUT2D eigenvalue weighted by Crippen LogP contribution is -2.21. The lowest BCUT2D eigenvalue weighted by atomic mass is 10.1. The van der Waals surface area contributed by atoms with Gasteiger partial charge in [-0.3, -0.25) is 9.59 Å². The van der Waals surface area contributed by atoms with Crippen molar-refractivity contribution in [1.82, 2.24) is 0 Å².